The standard InChI is InChI=1S/C16H20N4/c1-11-6-7-20-15(8-11)18-19-16(20)14-9-12-4-2-3-5-13(12)10-17-14/h2-5,11,14,17H,6-10H2,1H3. The molecule has 0 saturated carbocycles. The van der Waals surface area contributed by atoms with Gasteiger partial charge in [0.05, 0.1) is 6.04 Å². The van der Waals surface area contributed by atoms with Gasteiger partial charge in [0, 0.05) is 19.5 Å². The van der Waals surface area contributed by atoms with Crippen LogP contribution in [0.4, 0.5) is 0 Å². The summed E-state index contributed by atoms with van der Waals surface area (Å²) >= 11 is 0. The van der Waals surface area contributed by atoms with E-state index in [1.54, 1.807) is 0 Å². The van der Waals surface area contributed by atoms with Crippen molar-refractivity contribution in [2.75, 3.05) is 0 Å². The summed E-state index contributed by atoms with van der Waals surface area (Å²) in [6.07, 6.45) is 3.32. The van der Waals surface area contributed by atoms with Crippen LogP contribution in [0.2, 0.25) is 0 Å². The Morgan fingerprint density at radius 2 is 2.00 bits per heavy atom. The van der Waals surface area contributed by atoms with Crippen LogP contribution in [0.1, 0.15) is 42.2 Å². The van der Waals surface area contributed by atoms with Gasteiger partial charge < -0.3 is 9.88 Å². The van der Waals surface area contributed by atoms with Crippen LogP contribution in [-0.2, 0) is 25.9 Å². The number of aromatic nitrogens is 3. The largest absolute Gasteiger partial charge is 0.314 e. The van der Waals surface area contributed by atoms with Crippen molar-refractivity contribution in [1.29, 1.82) is 0 Å². The summed E-state index contributed by atoms with van der Waals surface area (Å²) in [6.45, 7) is 4.30. The number of fused-ring (bicyclic) bond motifs is 2. The molecule has 0 spiro atoms. The monoisotopic (exact) mass is 268 g/mol. The van der Waals surface area contributed by atoms with Crippen molar-refractivity contribution in [3.8, 4) is 0 Å². The second-order valence-electron chi connectivity index (χ2n) is 6.13. The average Bonchev–Trinajstić information content (AvgIpc) is 2.89. The van der Waals surface area contributed by atoms with Gasteiger partial charge in [-0.05, 0) is 29.9 Å². The average molecular weight is 268 g/mol. The number of nitrogens with one attached hydrogen (secondary N) is 1. The van der Waals surface area contributed by atoms with Crippen LogP contribution in [-0.4, -0.2) is 14.8 Å². The van der Waals surface area contributed by atoms with Crippen molar-refractivity contribution < 1.29 is 0 Å². The van der Waals surface area contributed by atoms with E-state index in [1.165, 1.54) is 23.4 Å². The zero-order valence-corrected chi connectivity index (χ0v) is 11.8. The van der Waals surface area contributed by atoms with Crippen LogP contribution in [0, 0.1) is 5.92 Å². The van der Waals surface area contributed by atoms with Gasteiger partial charge in [-0.3, -0.25) is 0 Å². The van der Waals surface area contributed by atoms with Crippen molar-refractivity contribution in [3.05, 3.63) is 47.0 Å². The molecule has 2 unspecified atom stereocenters. The van der Waals surface area contributed by atoms with Gasteiger partial charge in [0.15, 0.2) is 5.82 Å². The van der Waals surface area contributed by atoms with Gasteiger partial charge >= 0.3 is 0 Å². The minimum Gasteiger partial charge on any atom is -0.314 e. The normalized spacial score (nSPS) is 25.1. The smallest absolute Gasteiger partial charge is 0.150 e. The summed E-state index contributed by atoms with van der Waals surface area (Å²) in [5.41, 5.74) is 2.86. The molecule has 2 aliphatic heterocycles. The van der Waals surface area contributed by atoms with Gasteiger partial charge in [-0.1, -0.05) is 31.2 Å². The highest BCUT2D eigenvalue weighted by atomic mass is 15.3. The summed E-state index contributed by atoms with van der Waals surface area (Å²) in [6, 6.07) is 8.99. The van der Waals surface area contributed by atoms with Crippen LogP contribution < -0.4 is 5.32 Å². The molecule has 0 radical (unpaired) electrons. The van der Waals surface area contributed by atoms with Gasteiger partial charge in [0.1, 0.15) is 5.82 Å². The Labute approximate surface area is 119 Å². The molecule has 1 aromatic carbocycles. The van der Waals surface area contributed by atoms with Gasteiger partial charge in [-0.25, -0.2) is 0 Å². The maximum absolute atomic E-state index is 4.48. The van der Waals surface area contributed by atoms with E-state index in [2.05, 4.69) is 51.3 Å². The number of hydrogen-bond donors (Lipinski definition) is 1. The van der Waals surface area contributed by atoms with Crippen molar-refractivity contribution in [2.45, 2.75) is 45.3 Å². The van der Waals surface area contributed by atoms with E-state index >= 15 is 0 Å². The van der Waals surface area contributed by atoms with Gasteiger partial charge in [0.25, 0.3) is 0 Å². The first kappa shape index (κ1) is 12.1. The molecule has 104 valence electrons. The third kappa shape index (κ3) is 1.95. The molecular formula is C16H20N4. The topological polar surface area (TPSA) is 42.7 Å². The Bertz CT molecular complexity index is 631. The second-order valence-corrected chi connectivity index (χ2v) is 6.13. The first-order chi connectivity index (χ1) is 9.81. The minimum absolute atomic E-state index is 0.305. The molecule has 0 bridgehead atoms. The summed E-state index contributed by atoms with van der Waals surface area (Å²) in [4.78, 5) is 0. The maximum atomic E-state index is 4.48. The lowest BCUT2D eigenvalue weighted by atomic mass is 9.95. The zero-order chi connectivity index (χ0) is 13.5. The van der Waals surface area contributed by atoms with Crippen molar-refractivity contribution in [1.82, 2.24) is 20.1 Å². The van der Waals surface area contributed by atoms with E-state index in [-0.39, 0.29) is 0 Å². The van der Waals surface area contributed by atoms with Crippen LogP contribution in [0.25, 0.3) is 0 Å². The van der Waals surface area contributed by atoms with Gasteiger partial charge in [-0.15, -0.1) is 10.2 Å². The summed E-state index contributed by atoms with van der Waals surface area (Å²) < 4.78 is 2.34. The fourth-order valence-electron chi connectivity index (χ4n) is 3.40. The highest BCUT2D eigenvalue weighted by Gasteiger charge is 2.27. The zero-order valence-electron chi connectivity index (χ0n) is 11.8. The molecule has 4 nitrogen and oxygen atoms in total. The maximum Gasteiger partial charge on any atom is 0.150 e. The van der Waals surface area contributed by atoms with Crippen LogP contribution in [0.3, 0.4) is 0 Å². The molecule has 2 aromatic rings. The fourth-order valence-corrected chi connectivity index (χ4v) is 3.40. The Morgan fingerprint density at radius 1 is 1.15 bits per heavy atom. The number of benzene rings is 1. The molecular weight excluding hydrogens is 248 g/mol. The Morgan fingerprint density at radius 3 is 2.90 bits per heavy atom. The molecule has 1 aromatic heterocycles. The van der Waals surface area contributed by atoms with E-state index in [4.69, 9.17) is 0 Å². The van der Waals surface area contributed by atoms with Crippen molar-refractivity contribution in [3.63, 3.8) is 0 Å². The molecule has 0 aliphatic carbocycles. The summed E-state index contributed by atoms with van der Waals surface area (Å²) in [5.74, 6) is 3.03. The van der Waals surface area contributed by atoms with Crippen molar-refractivity contribution in [2.24, 2.45) is 5.92 Å². The third-order valence-corrected chi connectivity index (χ3v) is 4.63. The molecule has 20 heavy (non-hydrogen) atoms. The molecule has 3 heterocycles. The highest BCUT2D eigenvalue weighted by Crippen LogP contribution is 2.28. The van der Waals surface area contributed by atoms with Crippen molar-refractivity contribution >= 4 is 0 Å². The van der Waals surface area contributed by atoms with E-state index < -0.39 is 0 Å². The molecule has 4 heteroatoms. The molecule has 0 amide bonds. The molecule has 0 fully saturated rings. The first-order valence-electron chi connectivity index (χ1n) is 7.53. The number of rotatable bonds is 1. The Kier molecular flexibility index (Phi) is 2.84. The quantitative estimate of drug-likeness (QED) is 0.862. The molecule has 4 rings (SSSR count). The molecule has 0 saturated heterocycles. The van der Waals surface area contributed by atoms with E-state index in [0.29, 0.717) is 6.04 Å². The van der Waals surface area contributed by atoms with Crippen LogP contribution in [0.15, 0.2) is 24.3 Å². The molecule has 1 N–H and O–H groups in total. The molecule has 2 atom stereocenters. The highest BCUT2D eigenvalue weighted by molar-refractivity contribution is 5.31. The van der Waals surface area contributed by atoms with E-state index in [0.717, 1.165) is 37.7 Å². The van der Waals surface area contributed by atoms with E-state index in [9.17, 15) is 0 Å². The molecule has 2 aliphatic rings. The second kappa shape index (κ2) is 4.70. The van der Waals surface area contributed by atoms with Gasteiger partial charge in [0.2, 0.25) is 0 Å². The Hall–Kier alpha value is -1.68. The summed E-state index contributed by atoms with van der Waals surface area (Å²) in [5, 5.41) is 12.5. The summed E-state index contributed by atoms with van der Waals surface area (Å²) in [7, 11) is 0. The predicted molar refractivity (Wildman–Crippen MR) is 77.2 cm³/mol. The van der Waals surface area contributed by atoms with Crippen LogP contribution in [0.5, 0.6) is 0 Å². The lowest BCUT2D eigenvalue weighted by Gasteiger charge is -2.27. The van der Waals surface area contributed by atoms with Crippen LogP contribution >= 0.6 is 0 Å². The first-order valence-corrected chi connectivity index (χ1v) is 7.53. The SMILES string of the molecule is CC1CCn2c(nnc2C2Cc3ccccc3CN2)C1. The number of hydrogen-bond acceptors (Lipinski definition) is 3. The van der Waals surface area contributed by atoms with Gasteiger partial charge in [-0.2, -0.15) is 0 Å². The lowest BCUT2D eigenvalue weighted by Crippen LogP contribution is -2.32. The fraction of sp³-hybridized carbons (Fsp3) is 0.500. The van der Waals surface area contributed by atoms with E-state index in [1.807, 2.05) is 0 Å². The predicted octanol–water partition coefficient (Wildman–Crippen LogP) is 2.25. The lowest BCUT2D eigenvalue weighted by molar-refractivity contribution is 0.381. The Balaban J connectivity index is 1.64. The number of nitrogens with zero attached hydrogens (tertiary/aromatic N) is 3. The third-order valence-electron chi connectivity index (χ3n) is 4.63. The minimum atomic E-state index is 0.305.